The van der Waals surface area contributed by atoms with Crippen molar-refractivity contribution in [2.24, 2.45) is 5.92 Å². The molecule has 0 heterocycles. The van der Waals surface area contributed by atoms with Crippen LogP contribution in [0.5, 0.6) is 0 Å². The van der Waals surface area contributed by atoms with Crippen LogP contribution >= 0.6 is 31.9 Å². The zero-order chi connectivity index (χ0) is 14.7. The first-order valence-corrected chi connectivity index (χ1v) is 8.38. The Kier molecular flexibility index (Phi) is 5.64. The molecule has 1 aromatic carbocycles. The maximum atomic E-state index is 12.8. The van der Waals surface area contributed by atoms with E-state index in [0.717, 1.165) is 8.95 Å². The Morgan fingerprint density at radius 1 is 1.45 bits per heavy atom. The van der Waals surface area contributed by atoms with E-state index in [4.69, 9.17) is 4.74 Å². The first-order valence-electron chi connectivity index (χ1n) is 6.79. The monoisotopic (exact) mass is 403 g/mol. The minimum absolute atomic E-state index is 0.0645. The zero-order valence-electron chi connectivity index (χ0n) is 11.7. The fourth-order valence-corrected chi connectivity index (χ4v) is 3.11. The van der Waals surface area contributed by atoms with E-state index >= 15 is 0 Å². The van der Waals surface area contributed by atoms with Crippen molar-refractivity contribution >= 4 is 37.8 Å². The lowest BCUT2D eigenvalue weighted by atomic mass is 10.1. The number of halogens is 2. The van der Waals surface area contributed by atoms with Gasteiger partial charge in [-0.3, -0.25) is 4.79 Å². The maximum absolute atomic E-state index is 12.8. The summed E-state index contributed by atoms with van der Waals surface area (Å²) in [4.78, 5) is 14.8. The molecule has 1 amide bonds. The highest BCUT2D eigenvalue weighted by Crippen LogP contribution is 2.36. The third kappa shape index (κ3) is 3.83. The second kappa shape index (κ2) is 7.05. The summed E-state index contributed by atoms with van der Waals surface area (Å²) in [7, 11) is 1.67. The molecule has 0 saturated heterocycles. The quantitative estimate of drug-likeness (QED) is 0.714. The van der Waals surface area contributed by atoms with Crippen molar-refractivity contribution in [1.82, 2.24) is 4.90 Å². The minimum atomic E-state index is 0.0645. The summed E-state index contributed by atoms with van der Waals surface area (Å²) in [5, 5.41) is 0. The molecule has 2 rings (SSSR count). The zero-order valence-corrected chi connectivity index (χ0v) is 14.9. The third-order valence-electron chi connectivity index (χ3n) is 3.75. The first kappa shape index (κ1) is 16.0. The predicted octanol–water partition coefficient (Wildman–Crippen LogP) is 4.10. The van der Waals surface area contributed by atoms with E-state index in [-0.39, 0.29) is 11.9 Å². The average Bonchev–Trinajstić information content (AvgIpc) is 3.26. The van der Waals surface area contributed by atoms with Crippen molar-refractivity contribution < 1.29 is 9.53 Å². The van der Waals surface area contributed by atoms with E-state index in [1.54, 1.807) is 7.11 Å². The van der Waals surface area contributed by atoms with Gasteiger partial charge in [-0.1, -0.05) is 15.9 Å². The molecule has 1 unspecified atom stereocenters. The summed E-state index contributed by atoms with van der Waals surface area (Å²) in [6, 6.07) is 5.95. The first-order chi connectivity index (χ1) is 9.54. The average molecular weight is 405 g/mol. The lowest BCUT2D eigenvalue weighted by Gasteiger charge is -2.29. The summed E-state index contributed by atoms with van der Waals surface area (Å²) < 4.78 is 6.89. The van der Waals surface area contributed by atoms with E-state index in [1.165, 1.54) is 12.8 Å². The molecule has 110 valence electrons. The lowest BCUT2D eigenvalue weighted by Crippen LogP contribution is -2.42. The van der Waals surface area contributed by atoms with Gasteiger partial charge in [0.05, 0.1) is 12.2 Å². The molecule has 1 aliphatic carbocycles. The van der Waals surface area contributed by atoms with Crippen LogP contribution in [-0.4, -0.2) is 37.1 Å². The fourth-order valence-electron chi connectivity index (χ4n) is 2.33. The van der Waals surface area contributed by atoms with Gasteiger partial charge < -0.3 is 9.64 Å². The fraction of sp³-hybridized carbons (Fsp3) is 0.533. The maximum Gasteiger partial charge on any atom is 0.255 e. The van der Waals surface area contributed by atoms with Crippen molar-refractivity contribution in [1.29, 1.82) is 0 Å². The molecule has 0 bridgehead atoms. The summed E-state index contributed by atoms with van der Waals surface area (Å²) in [5.74, 6) is 0.705. The van der Waals surface area contributed by atoms with E-state index in [0.29, 0.717) is 24.6 Å². The van der Waals surface area contributed by atoms with Gasteiger partial charge >= 0.3 is 0 Å². The van der Waals surface area contributed by atoms with Crippen LogP contribution in [-0.2, 0) is 4.74 Å². The van der Waals surface area contributed by atoms with Gasteiger partial charge in [0.1, 0.15) is 0 Å². The Hall–Kier alpha value is -0.390. The second-order valence-corrected chi connectivity index (χ2v) is 6.96. The molecular formula is C15H19Br2NO2. The van der Waals surface area contributed by atoms with Crippen molar-refractivity contribution in [2.45, 2.75) is 25.8 Å². The number of nitrogens with zero attached hydrogens (tertiary/aromatic N) is 1. The van der Waals surface area contributed by atoms with Crippen LogP contribution in [0.3, 0.4) is 0 Å². The number of hydrogen-bond acceptors (Lipinski definition) is 2. The molecule has 1 aliphatic rings. The van der Waals surface area contributed by atoms with E-state index in [2.05, 4.69) is 38.8 Å². The molecule has 0 spiro atoms. The van der Waals surface area contributed by atoms with E-state index in [1.807, 2.05) is 23.1 Å². The number of carbonyl (C=O) groups is 1. The number of amides is 1. The largest absolute Gasteiger partial charge is 0.383 e. The van der Waals surface area contributed by atoms with Gasteiger partial charge in [-0.2, -0.15) is 0 Å². The van der Waals surface area contributed by atoms with Crippen LogP contribution < -0.4 is 0 Å². The van der Waals surface area contributed by atoms with Crippen molar-refractivity contribution in [2.75, 3.05) is 20.3 Å². The Morgan fingerprint density at radius 3 is 2.75 bits per heavy atom. The van der Waals surface area contributed by atoms with Gasteiger partial charge in [-0.15, -0.1) is 0 Å². The molecule has 0 N–H and O–H groups in total. The topological polar surface area (TPSA) is 29.5 Å². The standard InChI is InChI=1S/C15H19Br2NO2/c1-10(11-3-4-11)18(7-8-20-2)15(19)13-9-12(16)5-6-14(13)17/h5-6,9-11H,3-4,7-8H2,1-2H3. The highest BCUT2D eigenvalue weighted by atomic mass is 79.9. The molecule has 1 aromatic rings. The smallest absolute Gasteiger partial charge is 0.255 e. The molecule has 0 aliphatic heterocycles. The second-order valence-electron chi connectivity index (χ2n) is 5.19. The lowest BCUT2D eigenvalue weighted by molar-refractivity contribution is 0.0593. The number of carbonyl (C=O) groups excluding carboxylic acids is 1. The van der Waals surface area contributed by atoms with Crippen molar-refractivity contribution in [3.63, 3.8) is 0 Å². The van der Waals surface area contributed by atoms with Gasteiger partial charge in [-0.05, 0) is 59.8 Å². The van der Waals surface area contributed by atoms with Gasteiger partial charge in [-0.25, -0.2) is 0 Å². The number of hydrogen-bond donors (Lipinski definition) is 0. The molecule has 0 radical (unpaired) electrons. The Balaban J connectivity index is 2.22. The summed E-state index contributed by atoms with van der Waals surface area (Å²) in [5.41, 5.74) is 0.697. The molecule has 0 aromatic heterocycles. The van der Waals surface area contributed by atoms with Crippen molar-refractivity contribution in [3.8, 4) is 0 Å². The Morgan fingerprint density at radius 2 is 2.15 bits per heavy atom. The van der Waals surface area contributed by atoms with Crippen LogP contribution in [0.25, 0.3) is 0 Å². The number of rotatable bonds is 6. The molecule has 1 fully saturated rings. The highest BCUT2D eigenvalue weighted by molar-refractivity contribution is 9.11. The number of benzene rings is 1. The molecular weight excluding hydrogens is 386 g/mol. The van der Waals surface area contributed by atoms with Crippen molar-refractivity contribution in [3.05, 3.63) is 32.7 Å². The molecule has 5 heteroatoms. The van der Waals surface area contributed by atoms with Gasteiger partial charge in [0.15, 0.2) is 0 Å². The van der Waals surface area contributed by atoms with Crippen LogP contribution in [0, 0.1) is 5.92 Å². The van der Waals surface area contributed by atoms with E-state index in [9.17, 15) is 4.79 Å². The number of ether oxygens (including phenoxy) is 1. The minimum Gasteiger partial charge on any atom is -0.383 e. The van der Waals surface area contributed by atoms with Gasteiger partial charge in [0, 0.05) is 28.6 Å². The van der Waals surface area contributed by atoms with Crippen LogP contribution in [0.1, 0.15) is 30.1 Å². The number of methoxy groups -OCH3 is 1. The Bertz CT molecular complexity index is 489. The molecule has 3 nitrogen and oxygen atoms in total. The van der Waals surface area contributed by atoms with Gasteiger partial charge in [0.25, 0.3) is 5.91 Å². The summed E-state index contributed by atoms with van der Waals surface area (Å²) in [6.07, 6.45) is 2.44. The summed E-state index contributed by atoms with van der Waals surface area (Å²) >= 11 is 6.90. The molecule has 1 saturated carbocycles. The Labute approximate surface area is 136 Å². The van der Waals surface area contributed by atoms with Crippen LogP contribution in [0.15, 0.2) is 27.1 Å². The van der Waals surface area contributed by atoms with Gasteiger partial charge in [0.2, 0.25) is 0 Å². The van der Waals surface area contributed by atoms with E-state index < -0.39 is 0 Å². The normalized spacial score (nSPS) is 16.0. The van der Waals surface area contributed by atoms with Crippen LogP contribution in [0.4, 0.5) is 0 Å². The SMILES string of the molecule is COCCN(C(=O)c1cc(Br)ccc1Br)C(C)C1CC1. The summed E-state index contributed by atoms with van der Waals surface area (Å²) in [6.45, 7) is 3.33. The molecule has 20 heavy (non-hydrogen) atoms. The highest BCUT2D eigenvalue weighted by Gasteiger charge is 2.34. The third-order valence-corrected chi connectivity index (χ3v) is 4.94. The predicted molar refractivity (Wildman–Crippen MR) is 86.9 cm³/mol. The van der Waals surface area contributed by atoms with Crippen LogP contribution in [0.2, 0.25) is 0 Å². The molecule has 1 atom stereocenters.